The summed E-state index contributed by atoms with van der Waals surface area (Å²) in [5.41, 5.74) is 0.553. The molecule has 1 aliphatic rings. The van der Waals surface area contributed by atoms with Crippen molar-refractivity contribution in [3.05, 3.63) is 71.1 Å². The van der Waals surface area contributed by atoms with Crippen LogP contribution in [0.15, 0.2) is 62.6 Å². The largest absolute Gasteiger partial charge is 0.503 e. The number of Topliss-reactive ketones (excluding diaryl/α,β-unsaturated/α-hetero) is 1. The Kier molecular flexibility index (Phi) is 5.69. The molecule has 2 aromatic heterocycles. The molecule has 4 rings (SSSR count). The van der Waals surface area contributed by atoms with Gasteiger partial charge in [-0.3, -0.25) is 9.59 Å². The second-order valence-electron chi connectivity index (χ2n) is 7.62. The number of aryl methyl sites for hydroxylation is 1. The molecule has 1 aromatic carbocycles. The predicted octanol–water partition coefficient (Wildman–Crippen LogP) is 4.25. The zero-order chi connectivity index (χ0) is 22.1. The van der Waals surface area contributed by atoms with Gasteiger partial charge in [-0.2, -0.15) is 0 Å². The van der Waals surface area contributed by atoms with E-state index in [1.165, 1.54) is 4.90 Å². The van der Waals surface area contributed by atoms with E-state index in [9.17, 15) is 14.7 Å². The first kappa shape index (κ1) is 20.9. The van der Waals surface area contributed by atoms with Gasteiger partial charge in [0.25, 0.3) is 5.91 Å². The third-order valence-corrected chi connectivity index (χ3v) is 5.78. The van der Waals surface area contributed by atoms with Crippen molar-refractivity contribution in [3.63, 3.8) is 0 Å². The van der Waals surface area contributed by atoms with Gasteiger partial charge < -0.3 is 23.7 Å². The number of aliphatic hydroxyl groups excluding tert-OH is 1. The minimum absolute atomic E-state index is 0.0158. The number of para-hydroxylation sites is 1. The Balaban J connectivity index is 1.73. The van der Waals surface area contributed by atoms with Crippen LogP contribution in [0.25, 0.3) is 11.0 Å². The van der Waals surface area contributed by atoms with Gasteiger partial charge in [0, 0.05) is 18.5 Å². The first-order valence-corrected chi connectivity index (χ1v) is 10.5. The normalized spacial score (nSPS) is 16.8. The summed E-state index contributed by atoms with van der Waals surface area (Å²) >= 11 is 0. The van der Waals surface area contributed by atoms with Crippen LogP contribution in [0.3, 0.4) is 0 Å². The van der Waals surface area contributed by atoms with E-state index >= 15 is 0 Å². The molecule has 31 heavy (non-hydrogen) atoms. The van der Waals surface area contributed by atoms with Gasteiger partial charge in [-0.1, -0.05) is 32.0 Å². The summed E-state index contributed by atoms with van der Waals surface area (Å²) in [7, 11) is 0. The molecule has 7 heteroatoms. The van der Waals surface area contributed by atoms with Gasteiger partial charge in [0.05, 0.1) is 5.57 Å². The van der Waals surface area contributed by atoms with Crippen LogP contribution in [0.2, 0.25) is 0 Å². The van der Waals surface area contributed by atoms with E-state index in [1.54, 1.807) is 31.2 Å². The topological polar surface area (TPSA) is 87.1 Å². The van der Waals surface area contributed by atoms with Crippen molar-refractivity contribution in [2.45, 2.75) is 26.8 Å². The molecule has 0 aliphatic carbocycles. The molecule has 1 N–H and O–H groups in total. The third kappa shape index (κ3) is 3.77. The number of hydrogen-bond donors (Lipinski definition) is 1. The van der Waals surface area contributed by atoms with Gasteiger partial charge in [-0.15, -0.1) is 0 Å². The Morgan fingerprint density at radius 1 is 1.13 bits per heavy atom. The van der Waals surface area contributed by atoms with Gasteiger partial charge in [-0.25, -0.2) is 0 Å². The van der Waals surface area contributed by atoms with E-state index in [1.807, 2.05) is 18.2 Å². The van der Waals surface area contributed by atoms with Crippen molar-refractivity contribution >= 4 is 22.7 Å². The van der Waals surface area contributed by atoms with Crippen LogP contribution < -0.4 is 0 Å². The molecule has 0 saturated carbocycles. The molecule has 1 amide bonds. The fraction of sp³-hybridized carbons (Fsp3) is 0.333. The Morgan fingerprint density at radius 3 is 2.52 bits per heavy atom. The zero-order valence-electron chi connectivity index (χ0n) is 17.9. The van der Waals surface area contributed by atoms with Crippen molar-refractivity contribution in [1.82, 2.24) is 9.80 Å². The summed E-state index contributed by atoms with van der Waals surface area (Å²) in [4.78, 5) is 30.1. The van der Waals surface area contributed by atoms with Gasteiger partial charge in [0.15, 0.2) is 11.5 Å². The van der Waals surface area contributed by atoms with E-state index < -0.39 is 23.5 Å². The van der Waals surface area contributed by atoms with Crippen LogP contribution in [0.1, 0.15) is 42.0 Å². The summed E-state index contributed by atoms with van der Waals surface area (Å²) in [6.45, 7) is 8.55. The number of carbonyl (C=O) groups is 2. The molecule has 3 aromatic rings. The molecule has 162 valence electrons. The Labute approximate surface area is 180 Å². The zero-order valence-corrected chi connectivity index (χ0v) is 17.9. The maximum atomic E-state index is 13.4. The molecule has 1 atom stereocenters. The number of amides is 1. The van der Waals surface area contributed by atoms with Crippen LogP contribution in [0.4, 0.5) is 0 Å². The predicted molar refractivity (Wildman–Crippen MR) is 116 cm³/mol. The molecule has 0 unspecified atom stereocenters. The smallest absolute Gasteiger partial charge is 0.290 e. The average Bonchev–Trinajstić information content (AvgIpc) is 3.46. The summed E-state index contributed by atoms with van der Waals surface area (Å²) < 4.78 is 11.5. The minimum Gasteiger partial charge on any atom is -0.503 e. The summed E-state index contributed by atoms with van der Waals surface area (Å²) in [5.74, 6) is -0.474. The lowest BCUT2D eigenvalue weighted by molar-refractivity contribution is -0.129. The second-order valence-corrected chi connectivity index (χ2v) is 7.62. The molecule has 0 saturated heterocycles. The molecular formula is C24H26N2O5. The van der Waals surface area contributed by atoms with Crippen LogP contribution in [0.5, 0.6) is 0 Å². The van der Waals surface area contributed by atoms with Crippen LogP contribution in [-0.2, 0) is 4.79 Å². The Hall–Kier alpha value is -3.32. The highest BCUT2D eigenvalue weighted by Crippen LogP contribution is 2.40. The van der Waals surface area contributed by atoms with Gasteiger partial charge in [-0.05, 0) is 44.3 Å². The van der Waals surface area contributed by atoms with E-state index in [4.69, 9.17) is 8.83 Å². The summed E-state index contributed by atoms with van der Waals surface area (Å²) in [5, 5.41) is 11.5. The van der Waals surface area contributed by atoms with E-state index in [0.717, 1.165) is 18.5 Å². The van der Waals surface area contributed by atoms with Crippen molar-refractivity contribution in [1.29, 1.82) is 0 Å². The van der Waals surface area contributed by atoms with Crippen LogP contribution >= 0.6 is 0 Å². The molecule has 0 spiro atoms. The maximum absolute atomic E-state index is 13.4. The van der Waals surface area contributed by atoms with Gasteiger partial charge in [0.2, 0.25) is 5.78 Å². The summed E-state index contributed by atoms with van der Waals surface area (Å²) in [6, 6.07) is 11.6. The molecule has 0 radical (unpaired) electrons. The number of furan rings is 2. The third-order valence-electron chi connectivity index (χ3n) is 5.78. The minimum atomic E-state index is -0.808. The Bertz CT molecular complexity index is 1120. The standard InChI is InChI=1S/C24H26N2O5/c1-4-25(5-2)12-13-26-21(18-11-10-15(3)30-18)20(23(28)24(26)29)22(27)19-14-16-8-6-7-9-17(16)31-19/h6-11,14,21,28H,4-5,12-13H2,1-3H3/t21-/m1/s1. The Morgan fingerprint density at radius 2 is 1.87 bits per heavy atom. The van der Waals surface area contributed by atoms with Gasteiger partial charge in [0.1, 0.15) is 23.1 Å². The average molecular weight is 422 g/mol. The number of likely N-dealkylation sites (N-methyl/N-ethyl adjacent to an activating group) is 1. The molecular weight excluding hydrogens is 396 g/mol. The molecule has 7 nitrogen and oxygen atoms in total. The highest BCUT2D eigenvalue weighted by molar-refractivity contribution is 6.15. The van der Waals surface area contributed by atoms with Crippen molar-refractivity contribution in [2.75, 3.05) is 26.2 Å². The van der Waals surface area contributed by atoms with Crippen molar-refractivity contribution in [2.24, 2.45) is 0 Å². The number of carbonyl (C=O) groups excluding carboxylic acids is 2. The lowest BCUT2D eigenvalue weighted by atomic mass is 9.99. The van der Waals surface area contributed by atoms with E-state index in [0.29, 0.717) is 30.2 Å². The highest BCUT2D eigenvalue weighted by atomic mass is 16.4. The number of ketones is 1. The van der Waals surface area contributed by atoms with Gasteiger partial charge >= 0.3 is 0 Å². The lowest BCUT2D eigenvalue weighted by Gasteiger charge is -2.27. The quantitative estimate of drug-likeness (QED) is 0.546. The number of rotatable bonds is 8. The summed E-state index contributed by atoms with van der Waals surface area (Å²) in [6.07, 6.45) is 0. The van der Waals surface area contributed by atoms with Crippen molar-refractivity contribution in [3.8, 4) is 0 Å². The number of fused-ring (bicyclic) bond motifs is 1. The second kappa shape index (κ2) is 8.43. The number of hydrogen-bond acceptors (Lipinski definition) is 6. The number of aliphatic hydroxyl groups is 1. The lowest BCUT2D eigenvalue weighted by Crippen LogP contribution is -2.38. The fourth-order valence-corrected chi connectivity index (χ4v) is 4.03. The molecule has 1 aliphatic heterocycles. The molecule has 0 fully saturated rings. The first-order chi connectivity index (χ1) is 14.9. The SMILES string of the molecule is CCN(CC)CCN1C(=O)C(O)=C(C(=O)c2cc3ccccc3o2)[C@H]1c1ccc(C)o1. The number of nitrogens with zero attached hydrogens (tertiary/aromatic N) is 2. The fourth-order valence-electron chi connectivity index (χ4n) is 4.03. The van der Waals surface area contributed by atoms with Crippen LogP contribution in [0, 0.1) is 6.92 Å². The van der Waals surface area contributed by atoms with E-state index in [2.05, 4.69) is 18.7 Å². The molecule has 3 heterocycles. The maximum Gasteiger partial charge on any atom is 0.290 e. The monoisotopic (exact) mass is 422 g/mol. The highest BCUT2D eigenvalue weighted by Gasteiger charge is 2.46. The van der Waals surface area contributed by atoms with E-state index in [-0.39, 0.29) is 11.3 Å². The van der Waals surface area contributed by atoms with Crippen LogP contribution in [-0.4, -0.2) is 52.8 Å². The number of benzene rings is 1. The van der Waals surface area contributed by atoms with Crippen molar-refractivity contribution < 1.29 is 23.5 Å². The molecule has 0 bridgehead atoms. The first-order valence-electron chi connectivity index (χ1n) is 10.5.